The zero-order valence-corrected chi connectivity index (χ0v) is 11.9. The smallest absolute Gasteiger partial charge is 0.338 e. The van der Waals surface area contributed by atoms with E-state index >= 15 is 0 Å². The number of aromatic carboxylic acids is 1. The van der Waals surface area contributed by atoms with Gasteiger partial charge in [-0.15, -0.1) is 0 Å². The minimum atomic E-state index is -1.04. The monoisotopic (exact) mass is 297 g/mol. The average molecular weight is 297 g/mol. The van der Waals surface area contributed by atoms with Crippen LogP contribution in [-0.2, 0) is 12.8 Å². The second-order valence-corrected chi connectivity index (χ2v) is 5.65. The number of hydrogen-bond donors (Lipinski definition) is 1. The molecule has 5 nitrogen and oxygen atoms in total. The predicted molar refractivity (Wildman–Crippen MR) is 76.3 cm³/mol. The third-order valence-corrected chi connectivity index (χ3v) is 4.35. The predicted octanol–water partition coefficient (Wildman–Crippen LogP) is 2.69. The third kappa shape index (κ3) is 2.60. The van der Waals surface area contributed by atoms with E-state index in [1.54, 1.807) is 6.07 Å². The van der Waals surface area contributed by atoms with Gasteiger partial charge in [0.2, 0.25) is 0 Å². The van der Waals surface area contributed by atoms with E-state index in [4.69, 9.17) is 0 Å². The molecule has 2 aromatic rings. The lowest BCUT2D eigenvalue weighted by molar-refractivity contribution is 0.0692. The summed E-state index contributed by atoms with van der Waals surface area (Å²) >= 11 is 1.13. The van der Waals surface area contributed by atoms with E-state index in [1.165, 1.54) is 12.3 Å². The van der Waals surface area contributed by atoms with Crippen molar-refractivity contribution in [1.29, 1.82) is 5.26 Å². The van der Waals surface area contributed by atoms with E-state index in [0.717, 1.165) is 42.3 Å². The summed E-state index contributed by atoms with van der Waals surface area (Å²) in [7, 11) is 0. The Hall–Kier alpha value is -2.39. The Labute approximate surface area is 125 Å². The Bertz CT molecular complexity index is 768. The number of carboxylic acids is 1. The van der Waals surface area contributed by atoms with Gasteiger partial charge in [0.25, 0.3) is 0 Å². The summed E-state index contributed by atoms with van der Waals surface area (Å²) in [5, 5.41) is 19.3. The van der Waals surface area contributed by atoms with Crippen LogP contribution in [0.5, 0.6) is 0 Å². The number of rotatable bonds is 3. The van der Waals surface area contributed by atoms with Gasteiger partial charge in [-0.3, -0.25) is 0 Å². The second kappa shape index (κ2) is 5.54. The molecular weight excluding hydrogens is 286 g/mol. The molecule has 0 aliphatic heterocycles. The van der Waals surface area contributed by atoms with Gasteiger partial charge in [-0.1, -0.05) is 0 Å². The maximum absolute atomic E-state index is 11.2. The fraction of sp³-hybridized carbons (Fsp3) is 0.200. The van der Waals surface area contributed by atoms with Crippen molar-refractivity contribution in [3.8, 4) is 6.07 Å². The summed E-state index contributed by atoms with van der Waals surface area (Å²) in [6, 6.07) is 7.07. The minimum absolute atomic E-state index is 0.119. The molecule has 1 N–H and O–H groups in total. The Morgan fingerprint density at radius 3 is 3.00 bits per heavy atom. The SMILES string of the molecule is N#Cc1cc2c(nc1Sc1ncccc1C(=O)O)CCC2. The van der Waals surface area contributed by atoms with E-state index in [-0.39, 0.29) is 5.56 Å². The number of aryl methyl sites for hydroxylation is 2. The summed E-state index contributed by atoms with van der Waals surface area (Å²) in [6.45, 7) is 0. The zero-order chi connectivity index (χ0) is 14.8. The van der Waals surface area contributed by atoms with Gasteiger partial charge in [-0.05, 0) is 54.8 Å². The molecule has 3 rings (SSSR count). The van der Waals surface area contributed by atoms with Gasteiger partial charge in [0.15, 0.2) is 0 Å². The molecule has 21 heavy (non-hydrogen) atoms. The maximum Gasteiger partial charge on any atom is 0.338 e. The van der Waals surface area contributed by atoms with E-state index in [0.29, 0.717) is 15.6 Å². The average Bonchev–Trinajstić information content (AvgIpc) is 2.94. The number of nitrogens with zero attached hydrogens (tertiary/aromatic N) is 3. The largest absolute Gasteiger partial charge is 0.478 e. The Balaban J connectivity index is 2.03. The molecule has 2 aromatic heterocycles. The lowest BCUT2D eigenvalue weighted by Crippen LogP contribution is -2.01. The van der Waals surface area contributed by atoms with Crippen molar-refractivity contribution in [2.24, 2.45) is 0 Å². The summed E-state index contributed by atoms with van der Waals surface area (Å²) < 4.78 is 0. The third-order valence-electron chi connectivity index (χ3n) is 3.33. The van der Waals surface area contributed by atoms with Crippen LogP contribution in [0.25, 0.3) is 0 Å². The molecule has 2 heterocycles. The molecule has 0 amide bonds. The molecule has 0 atom stereocenters. The quantitative estimate of drug-likeness (QED) is 0.937. The Morgan fingerprint density at radius 2 is 2.24 bits per heavy atom. The van der Waals surface area contributed by atoms with Crippen LogP contribution in [0.2, 0.25) is 0 Å². The summed E-state index contributed by atoms with van der Waals surface area (Å²) in [5.74, 6) is -1.04. The van der Waals surface area contributed by atoms with Crippen molar-refractivity contribution in [1.82, 2.24) is 9.97 Å². The summed E-state index contributed by atoms with van der Waals surface area (Å²) in [6.07, 6.45) is 4.44. The van der Waals surface area contributed by atoms with E-state index in [1.807, 2.05) is 6.07 Å². The normalized spacial score (nSPS) is 12.7. The highest BCUT2D eigenvalue weighted by Crippen LogP contribution is 2.32. The van der Waals surface area contributed by atoms with Gasteiger partial charge in [-0.25, -0.2) is 14.8 Å². The van der Waals surface area contributed by atoms with Crippen LogP contribution in [0.1, 0.15) is 33.6 Å². The number of carbonyl (C=O) groups is 1. The Morgan fingerprint density at radius 1 is 1.38 bits per heavy atom. The summed E-state index contributed by atoms with van der Waals surface area (Å²) in [4.78, 5) is 19.8. The molecule has 1 aliphatic rings. The Kier molecular flexibility index (Phi) is 3.59. The van der Waals surface area contributed by atoms with Crippen molar-refractivity contribution in [3.63, 3.8) is 0 Å². The van der Waals surface area contributed by atoms with Gasteiger partial charge in [0.1, 0.15) is 16.1 Å². The molecule has 0 unspecified atom stereocenters. The molecule has 0 aromatic carbocycles. The number of hydrogen-bond acceptors (Lipinski definition) is 5. The number of pyridine rings is 2. The number of carboxylic acid groups (broad SMARTS) is 1. The van der Waals surface area contributed by atoms with Crippen molar-refractivity contribution in [2.75, 3.05) is 0 Å². The first-order chi connectivity index (χ1) is 10.2. The standard InChI is InChI=1S/C15H11N3O2S/c16-8-10-7-9-3-1-5-12(9)18-13(10)21-14-11(15(19)20)4-2-6-17-14/h2,4,6-7H,1,3,5H2,(H,19,20). The molecule has 104 valence electrons. The van der Waals surface area contributed by atoms with E-state index in [9.17, 15) is 15.2 Å². The zero-order valence-electron chi connectivity index (χ0n) is 11.0. The highest BCUT2D eigenvalue weighted by Gasteiger charge is 2.19. The van der Waals surface area contributed by atoms with Gasteiger partial charge >= 0.3 is 5.97 Å². The van der Waals surface area contributed by atoms with Crippen LogP contribution >= 0.6 is 11.8 Å². The molecule has 0 saturated carbocycles. The fourth-order valence-electron chi connectivity index (χ4n) is 2.34. The van der Waals surface area contributed by atoms with Gasteiger partial charge < -0.3 is 5.11 Å². The van der Waals surface area contributed by atoms with Crippen LogP contribution in [-0.4, -0.2) is 21.0 Å². The molecule has 0 spiro atoms. The summed E-state index contributed by atoms with van der Waals surface area (Å²) in [5.41, 5.74) is 2.72. The lowest BCUT2D eigenvalue weighted by atomic mass is 10.2. The molecule has 0 radical (unpaired) electrons. The van der Waals surface area contributed by atoms with Gasteiger partial charge in [0, 0.05) is 11.9 Å². The van der Waals surface area contributed by atoms with Crippen LogP contribution in [0, 0.1) is 11.3 Å². The van der Waals surface area contributed by atoms with E-state index in [2.05, 4.69) is 16.0 Å². The number of fused-ring (bicyclic) bond motifs is 1. The van der Waals surface area contributed by atoms with E-state index < -0.39 is 5.97 Å². The first kappa shape index (κ1) is 13.6. The highest BCUT2D eigenvalue weighted by atomic mass is 32.2. The van der Waals surface area contributed by atoms with Crippen molar-refractivity contribution < 1.29 is 9.90 Å². The van der Waals surface area contributed by atoms with Crippen LogP contribution in [0.15, 0.2) is 34.4 Å². The fourth-order valence-corrected chi connectivity index (χ4v) is 3.27. The van der Waals surface area contributed by atoms with Crippen molar-refractivity contribution in [2.45, 2.75) is 29.3 Å². The lowest BCUT2D eigenvalue weighted by Gasteiger charge is -2.07. The molecule has 0 bridgehead atoms. The van der Waals surface area contributed by atoms with Crippen molar-refractivity contribution in [3.05, 3.63) is 46.8 Å². The molecule has 6 heteroatoms. The first-order valence-corrected chi connectivity index (χ1v) is 7.29. The highest BCUT2D eigenvalue weighted by molar-refractivity contribution is 7.99. The van der Waals surface area contributed by atoms with Crippen molar-refractivity contribution >= 4 is 17.7 Å². The van der Waals surface area contributed by atoms with Gasteiger partial charge in [0.05, 0.1) is 11.1 Å². The minimum Gasteiger partial charge on any atom is -0.478 e. The number of aromatic nitrogens is 2. The first-order valence-electron chi connectivity index (χ1n) is 6.48. The topological polar surface area (TPSA) is 86.9 Å². The number of nitriles is 1. The van der Waals surface area contributed by atoms with Crippen LogP contribution in [0.4, 0.5) is 0 Å². The van der Waals surface area contributed by atoms with Crippen LogP contribution < -0.4 is 0 Å². The molecule has 0 fully saturated rings. The molecular formula is C15H11N3O2S. The second-order valence-electron chi connectivity index (χ2n) is 4.68. The van der Waals surface area contributed by atoms with Gasteiger partial charge in [-0.2, -0.15) is 5.26 Å². The van der Waals surface area contributed by atoms with Crippen LogP contribution in [0.3, 0.4) is 0 Å². The molecule has 1 aliphatic carbocycles. The maximum atomic E-state index is 11.2. The molecule has 0 saturated heterocycles.